The molecule has 0 bridgehead atoms. The lowest BCUT2D eigenvalue weighted by molar-refractivity contribution is -0.0150. The lowest BCUT2D eigenvalue weighted by Crippen LogP contribution is -2.61. The summed E-state index contributed by atoms with van der Waals surface area (Å²) >= 11 is 0. The van der Waals surface area contributed by atoms with Gasteiger partial charge in [0.1, 0.15) is 24.0 Å². The number of nitrogens with two attached hydrogens (primary N) is 1. The molecule has 1 rings (SSSR count). The molecule has 0 aliphatic carbocycles. The van der Waals surface area contributed by atoms with Gasteiger partial charge < -0.3 is 15.6 Å². The van der Waals surface area contributed by atoms with Crippen LogP contribution in [0.25, 0.3) is 0 Å². The molecule has 24 heavy (non-hydrogen) atoms. The minimum atomic E-state index is -0.983. The normalized spacial score (nSPS) is 11.7. The summed E-state index contributed by atoms with van der Waals surface area (Å²) in [4.78, 5) is 13.4. The maximum absolute atomic E-state index is 11.9. The van der Waals surface area contributed by atoms with Gasteiger partial charge in [-0.05, 0) is 45.7 Å². The molecule has 0 heterocycles. The quantitative estimate of drug-likeness (QED) is 0.770. The number of carboxylic acid groups (broad SMARTS) is 1. The van der Waals surface area contributed by atoms with Crippen molar-refractivity contribution in [2.24, 2.45) is 0 Å². The molecule has 3 N–H and O–H groups in total. The molecule has 1 aromatic rings. The number of carbonyl (C=O) groups is 1. The largest absolute Gasteiger partial charge is 0.490 e. The first-order valence-corrected chi connectivity index (χ1v) is 8.07. The van der Waals surface area contributed by atoms with Gasteiger partial charge in [0.2, 0.25) is 0 Å². The van der Waals surface area contributed by atoms with Gasteiger partial charge in [-0.25, -0.2) is 4.79 Å². The van der Waals surface area contributed by atoms with Gasteiger partial charge in [0.05, 0.1) is 11.2 Å². The van der Waals surface area contributed by atoms with Crippen LogP contribution in [0.4, 0.5) is 10.5 Å². The Morgan fingerprint density at radius 3 is 2.33 bits per heavy atom. The SMILES string of the molecule is CCC(CC)(COc1cccc(N)c1C#N)N(C(=O)O)C(C)(C)C. The Morgan fingerprint density at radius 1 is 1.33 bits per heavy atom. The van der Waals surface area contributed by atoms with E-state index in [9.17, 15) is 15.2 Å². The number of nitrogen functional groups attached to an aromatic ring is 1. The van der Waals surface area contributed by atoms with E-state index in [-0.39, 0.29) is 12.2 Å². The number of nitrogens with zero attached hydrogens (tertiary/aromatic N) is 2. The average Bonchev–Trinajstić information content (AvgIpc) is 2.49. The number of hydrogen-bond donors (Lipinski definition) is 2. The van der Waals surface area contributed by atoms with Crippen molar-refractivity contribution in [2.45, 2.75) is 58.5 Å². The summed E-state index contributed by atoms with van der Waals surface area (Å²) in [5, 5.41) is 19.0. The number of ether oxygens (including phenoxy) is 1. The molecule has 1 aromatic carbocycles. The fraction of sp³-hybridized carbons (Fsp3) is 0.556. The molecule has 6 heteroatoms. The molecule has 0 spiro atoms. The zero-order valence-corrected chi connectivity index (χ0v) is 15.1. The van der Waals surface area contributed by atoms with Gasteiger partial charge in [0.15, 0.2) is 0 Å². The van der Waals surface area contributed by atoms with E-state index in [2.05, 4.69) is 0 Å². The molecule has 1 amide bonds. The van der Waals surface area contributed by atoms with Crippen LogP contribution in [-0.2, 0) is 0 Å². The van der Waals surface area contributed by atoms with E-state index in [0.717, 1.165) is 0 Å². The Morgan fingerprint density at radius 2 is 1.92 bits per heavy atom. The highest BCUT2D eigenvalue weighted by Gasteiger charge is 2.44. The van der Waals surface area contributed by atoms with E-state index in [4.69, 9.17) is 10.5 Å². The van der Waals surface area contributed by atoms with Crippen LogP contribution in [0.1, 0.15) is 53.0 Å². The van der Waals surface area contributed by atoms with Crippen molar-refractivity contribution in [3.05, 3.63) is 23.8 Å². The number of rotatable bonds is 6. The molecule has 0 radical (unpaired) electrons. The summed E-state index contributed by atoms with van der Waals surface area (Å²) in [5.74, 6) is 0.378. The molecule has 0 aromatic heterocycles. The maximum atomic E-state index is 11.9. The highest BCUT2D eigenvalue weighted by molar-refractivity contribution is 5.67. The third kappa shape index (κ3) is 3.91. The molecule has 0 atom stereocenters. The predicted molar refractivity (Wildman–Crippen MR) is 94.0 cm³/mol. The Labute approximate surface area is 143 Å². The molecule has 0 saturated carbocycles. The molecular weight excluding hydrogens is 306 g/mol. The van der Waals surface area contributed by atoms with Crippen LogP contribution in [0.5, 0.6) is 5.75 Å². The number of benzene rings is 1. The first-order valence-electron chi connectivity index (χ1n) is 8.07. The zero-order chi connectivity index (χ0) is 18.5. The van der Waals surface area contributed by atoms with E-state index in [1.807, 2.05) is 40.7 Å². The number of amides is 1. The lowest BCUT2D eigenvalue weighted by Gasteiger charge is -2.48. The number of anilines is 1. The van der Waals surface area contributed by atoms with Crippen molar-refractivity contribution < 1.29 is 14.6 Å². The molecule has 0 unspecified atom stereocenters. The zero-order valence-electron chi connectivity index (χ0n) is 15.1. The second-order valence-corrected chi connectivity index (χ2v) is 6.84. The average molecular weight is 333 g/mol. The van der Waals surface area contributed by atoms with Crippen molar-refractivity contribution >= 4 is 11.8 Å². The molecular formula is C18H27N3O3. The van der Waals surface area contributed by atoms with Gasteiger partial charge in [0, 0.05) is 5.54 Å². The van der Waals surface area contributed by atoms with Gasteiger partial charge in [0.25, 0.3) is 0 Å². The molecule has 6 nitrogen and oxygen atoms in total. The van der Waals surface area contributed by atoms with Crippen LogP contribution in [0.15, 0.2) is 18.2 Å². The van der Waals surface area contributed by atoms with Gasteiger partial charge in [-0.2, -0.15) is 5.26 Å². The Balaban J connectivity index is 3.21. The second-order valence-electron chi connectivity index (χ2n) is 6.84. The smallest absolute Gasteiger partial charge is 0.408 e. The van der Waals surface area contributed by atoms with Crippen molar-refractivity contribution in [3.63, 3.8) is 0 Å². The predicted octanol–water partition coefficient (Wildman–Crippen LogP) is 3.86. The molecule has 0 saturated heterocycles. The third-order valence-electron chi connectivity index (χ3n) is 4.32. The standard InChI is InChI=1S/C18H27N3O3/c1-6-18(7-2,21(16(22)23)17(3,4)5)12-24-15-10-8-9-14(20)13(15)11-19/h8-10H,6-7,12,20H2,1-5H3,(H,22,23). The van der Waals surface area contributed by atoms with Crippen LogP contribution in [-0.4, -0.2) is 33.8 Å². The molecule has 0 fully saturated rings. The lowest BCUT2D eigenvalue weighted by atomic mass is 9.87. The van der Waals surface area contributed by atoms with Crippen LogP contribution >= 0.6 is 0 Å². The molecule has 132 valence electrons. The Hall–Kier alpha value is -2.42. The number of nitriles is 1. The number of hydrogen-bond acceptors (Lipinski definition) is 4. The van der Waals surface area contributed by atoms with Crippen LogP contribution in [0.2, 0.25) is 0 Å². The minimum Gasteiger partial charge on any atom is -0.490 e. The minimum absolute atomic E-state index is 0.154. The van der Waals surface area contributed by atoms with Crippen molar-refractivity contribution in [1.29, 1.82) is 5.26 Å². The summed E-state index contributed by atoms with van der Waals surface area (Å²) in [6.45, 7) is 9.63. The fourth-order valence-electron chi connectivity index (χ4n) is 3.04. The molecule has 0 aliphatic rings. The maximum Gasteiger partial charge on any atom is 0.408 e. The van der Waals surface area contributed by atoms with Crippen molar-refractivity contribution in [2.75, 3.05) is 12.3 Å². The third-order valence-corrected chi connectivity index (χ3v) is 4.32. The van der Waals surface area contributed by atoms with Crippen molar-refractivity contribution in [3.8, 4) is 11.8 Å². The van der Waals surface area contributed by atoms with Gasteiger partial charge >= 0.3 is 6.09 Å². The summed E-state index contributed by atoms with van der Waals surface area (Å²) in [5.41, 5.74) is 5.16. The summed E-state index contributed by atoms with van der Waals surface area (Å²) in [7, 11) is 0. The van der Waals surface area contributed by atoms with Crippen LogP contribution < -0.4 is 10.5 Å². The van der Waals surface area contributed by atoms with E-state index in [1.54, 1.807) is 18.2 Å². The van der Waals surface area contributed by atoms with Crippen LogP contribution in [0.3, 0.4) is 0 Å². The van der Waals surface area contributed by atoms with E-state index in [1.165, 1.54) is 4.90 Å². The van der Waals surface area contributed by atoms with E-state index in [0.29, 0.717) is 24.3 Å². The van der Waals surface area contributed by atoms with E-state index >= 15 is 0 Å². The Bertz CT molecular complexity index is 625. The highest BCUT2D eigenvalue weighted by atomic mass is 16.5. The van der Waals surface area contributed by atoms with Gasteiger partial charge in [-0.3, -0.25) is 4.90 Å². The second kappa shape index (κ2) is 7.43. The highest BCUT2D eigenvalue weighted by Crippen LogP contribution is 2.33. The van der Waals surface area contributed by atoms with Gasteiger partial charge in [-0.15, -0.1) is 0 Å². The summed E-state index contributed by atoms with van der Waals surface area (Å²) < 4.78 is 5.87. The first-order chi connectivity index (χ1) is 11.1. The van der Waals surface area contributed by atoms with Crippen molar-refractivity contribution in [1.82, 2.24) is 4.90 Å². The fourth-order valence-corrected chi connectivity index (χ4v) is 3.04. The first kappa shape index (κ1) is 19.6. The summed E-state index contributed by atoms with van der Waals surface area (Å²) in [6.07, 6.45) is 0.206. The summed E-state index contributed by atoms with van der Waals surface area (Å²) in [6, 6.07) is 7.06. The van der Waals surface area contributed by atoms with Gasteiger partial charge in [-0.1, -0.05) is 19.9 Å². The Kier molecular flexibility index (Phi) is 6.08. The monoisotopic (exact) mass is 333 g/mol. The van der Waals surface area contributed by atoms with E-state index < -0.39 is 17.2 Å². The molecule has 0 aliphatic heterocycles. The topological polar surface area (TPSA) is 99.6 Å². The van der Waals surface area contributed by atoms with Crippen LogP contribution in [0, 0.1) is 11.3 Å².